The van der Waals surface area contributed by atoms with Gasteiger partial charge in [-0.25, -0.2) is 4.39 Å². The summed E-state index contributed by atoms with van der Waals surface area (Å²) in [6.45, 7) is 1.32. The Morgan fingerprint density at radius 2 is 1.65 bits per heavy atom. The Morgan fingerprint density at radius 3 is 2.32 bits per heavy atom. The fourth-order valence-electron chi connectivity index (χ4n) is 4.10. The molecule has 5 rings (SSSR count). The summed E-state index contributed by atoms with van der Waals surface area (Å²) in [6, 6.07) is 10.4. The van der Waals surface area contributed by atoms with E-state index in [4.69, 9.17) is 0 Å². The van der Waals surface area contributed by atoms with E-state index in [1.165, 1.54) is 12.1 Å². The van der Waals surface area contributed by atoms with Gasteiger partial charge in [-0.05, 0) is 42.2 Å². The Labute approximate surface area is 178 Å². The molecule has 7 nitrogen and oxygen atoms in total. The maximum absolute atomic E-state index is 14.9. The van der Waals surface area contributed by atoms with Crippen molar-refractivity contribution in [3.8, 4) is 11.1 Å². The molecule has 1 aliphatic heterocycles. The van der Waals surface area contributed by atoms with Crippen LogP contribution in [-0.2, 0) is 11.8 Å². The van der Waals surface area contributed by atoms with Gasteiger partial charge in [0.2, 0.25) is 0 Å². The molecule has 31 heavy (non-hydrogen) atoms. The molecule has 2 amide bonds. The van der Waals surface area contributed by atoms with Crippen LogP contribution in [-0.4, -0.2) is 68.3 Å². The Kier molecular flexibility index (Phi) is 4.55. The van der Waals surface area contributed by atoms with Gasteiger partial charge >= 0.3 is 0 Å². The lowest BCUT2D eigenvalue weighted by atomic mass is 10.0. The number of hydrogen-bond donors (Lipinski definition) is 1. The van der Waals surface area contributed by atoms with E-state index in [0.717, 1.165) is 16.5 Å². The smallest absolute Gasteiger partial charge is 0.256 e. The molecule has 0 atom stereocenters. The largest absolute Gasteiger partial charge is 0.380 e. The molecule has 2 fully saturated rings. The number of piperazine rings is 1. The molecular weight excluding hydrogens is 399 g/mol. The first-order valence-electron chi connectivity index (χ1n) is 10.4. The predicted octanol–water partition coefficient (Wildman–Crippen LogP) is 2.19. The number of aliphatic hydroxyl groups is 1. The molecule has 1 saturated heterocycles. The van der Waals surface area contributed by atoms with Crippen molar-refractivity contribution in [2.45, 2.75) is 18.4 Å². The third kappa shape index (κ3) is 3.57. The van der Waals surface area contributed by atoms with Crippen LogP contribution in [0.1, 0.15) is 23.2 Å². The fraction of sp³-hybridized carbons (Fsp3) is 0.348. The second-order valence-electron chi connectivity index (χ2n) is 8.39. The highest BCUT2D eigenvalue weighted by atomic mass is 19.1. The number of nitrogens with zero attached hydrogens (tertiary/aromatic N) is 4. The van der Waals surface area contributed by atoms with Crippen molar-refractivity contribution >= 4 is 22.7 Å². The zero-order valence-corrected chi connectivity index (χ0v) is 17.2. The summed E-state index contributed by atoms with van der Waals surface area (Å²) in [5.41, 5.74) is 1.14. The zero-order valence-electron chi connectivity index (χ0n) is 17.2. The second-order valence-corrected chi connectivity index (χ2v) is 8.39. The van der Waals surface area contributed by atoms with Crippen LogP contribution in [0.3, 0.4) is 0 Å². The van der Waals surface area contributed by atoms with Crippen molar-refractivity contribution < 1.29 is 19.1 Å². The predicted molar refractivity (Wildman–Crippen MR) is 113 cm³/mol. The average Bonchev–Trinajstić information content (AvgIpc) is 3.41. The van der Waals surface area contributed by atoms with E-state index in [-0.39, 0.29) is 17.4 Å². The van der Waals surface area contributed by atoms with Gasteiger partial charge in [-0.15, -0.1) is 0 Å². The van der Waals surface area contributed by atoms with Crippen molar-refractivity contribution in [1.82, 2.24) is 19.6 Å². The first-order valence-corrected chi connectivity index (χ1v) is 10.4. The van der Waals surface area contributed by atoms with Crippen molar-refractivity contribution in [2.24, 2.45) is 7.05 Å². The number of carbonyl (C=O) groups excluding carboxylic acids is 2. The molecule has 1 saturated carbocycles. The number of halogens is 1. The second kappa shape index (κ2) is 7.16. The molecule has 2 aromatic carbocycles. The van der Waals surface area contributed by atoms with Crippen LogP contribution in [0.25, 0.3) is 22.0 Å². The fourth-order valence-corrected chi connectivity index (χ4v) is 4.10. The van der Waals surface area contributed by atoms with Crippen molar-refractivity contribution in [1.29, 1.82) is 0 Å². The topological polar surface area (TPSA) is 78.7 Å². The van der Waals surface area contributed by atoms with Crippen LogP contribution in [0.4, 0.5) is 4.39 Å². The van der Waals surface area contributed by atoms with Gasteiger partial charge in [-0.3, -0.25) is 14.3 Å². The van der Waals surface area contributed by atoms with E-state index in [9.17, 15) is 19.1 Å². The van der Waals surface area contributed by atoms with Gasteiger partial charge in [0.15, 0.2) is 0 Å². The summed E-state index contributed by atoms with van der Waals surface area (Å²) in [4.78, 5) is 28.2. The molecule has 1 aliphatic carbocycles. The highest BCUT2D eigenvalue weighted by Gasteiger charge is 2.50. The van der Waals surface area contributed by atoms with E-state index in [2.05, 4.69) is 5.10 Å². The quantitative estimate of drug-likeness (QED) is 0.702. The first kappa shape index (κ1) is 19.7. The van der Waals surface area contributed by atoms with Gasteiger partial charge in [0.05, 0.1) is 11.1 Å². The minimum absolute atomic E-state index is 0.0169. The van der Waals surface area contributed by atoms with E-state index in [1.807, 2.05) is 31.4 Å². The molecule has 1 N–H and O–H groups in total. The van der Waals surface area contributed by atoms with Crippen LogP contribution >= 0.6 is 0 Å². The molecule has 3 aromatic rings. The Morgan fingerprint density at radius 1 is 1.00 bits per heavy atom. The summed E-state index contributed by atoms with van der Waals surface area (Å²) in [7, 11) is 1.85. The zero-order chi connectivity index (χ0) is 21.8. The van der Waals surface area contributed by atoms with Crippen molar-refractivity contribution in [3.63, 3.8) is 0 Å². The normalized spacial score (nSPS) is 17.8. The lowest BCUT2D eigenvalue weighted by Crippen LogP contribution is -2.53. The molecule has 160 valence electrons. The third-order valence-electron chi connectivity index (χ3n) is 6.13. The molecule has 1 aromatic heterocycles. The van der Waals surface area contributed by atoms with Crippen molar-refractivity contribution in [2.75, 3.05) is 26.2 Å². The maximum atomic E-state index is 14.9. The molecule has 2 aliphatic rings. The molecular formula is C23H23FN4O3. The van der Waals surface area contributed by atoms with Gasteiger partial charge in [-0.1, -0.05) is 18.2 Å². The number of benzene rings is 2. The SMILES string of the molecule is Cn1cc2ccc(-c3ccc(C(=O)N4CCN(C(=O)C5(O)CC5)CC4)c(F)c3)cc2n1. The van der Waals surface area contributed by atoms with E-state index >= 15 is 0 Å². The highest BCUT2D eigenvalue weighted by Crippen LogP contribution is 2.37. The molecule has 0 unspecified atom stereocenters. The number of carbonyl (C=O) groups is 2. The van der Waals surface area contributed by atoms with E-state index in [0.29, 0.717) is 44.6 Å². The number of hydrogen-bond acceptors (Lipinski definition) is 4. The van der Waals surface area contributed by atoms with Crippen LogP contribution in [0.5, 0.6) is 0 Å². The summed E-state index contributed by atoms with van der Waals surface area (Å²) in [5.74, 6) is -1.23. The Hall–Kier alpha value is -3.26. The monoisotopic (exact) mass is 422 g/mol. The summed E-state index contributed by atoms with van der Waals surface area (Å²) in [6.07, 6.45) is 2.91. The Balaban J connectivity index is 1.30. The van der Waals surface area contributed by atoms with Gasteiger partial charge in [0.25, 0.3) is 11.8 Å². The Bertz CT molecular complexity index is 1190. The lowest BCUT2D eigenvalue weighted by molar-refractivity contribution is -0.143. The molecule has 0 bridgehead atoms. The van der Waals surface area contributed by atoms with Gasteiger partial charge in [0, 0.05) is 44.8 Å². The molecule has 0 radical (unpaired) electrons. The van der Waals surface area contributed by atoms with Gasteiger partial charge < -0.3 is 14.9 Å². The van der Waals surface area contributed by atoms with Crippen LogP contribution in [0, 0.1) is 5.82 Å². The highest BCUT2D eigenvalue weighted by molar-refractivity contribution is 5.95. The molecule has 8 heteroatoms. The number of rotatable bonds is 3. The lowest BCUT2D eigenvalue weighted by Gasteiger charge is -2.35. The van der Waals surface area contributed by atoms with Crippen LogP contribution < -0.4 is 0 Å². The first-order chi connectivity index (χ1) is 14.8. The molecule has 2 heterocycles. The summed E-state index contributed by atoms with van der Waals surface area (Å²) >= 11 is 0. The number of aromatic nitrogens is 2. The number of amides is 2. The van der Waals surface area contributed by atoms with Crippen LogP contribution in [0.15, 0.2) is 42.6 Å². The molecule has 0 spiro atoms. The van der Waals surface area contributed by atoms with E-state index < -0.39 is 11.4 Å². The summed E-state index contributed by atoms with van der Waals surface area (Å²) < 4.78 is 16.6. The standard InChI is InChI=1S/C23H23FN4O3/c1-26-14-17-3-2-16(13-20(17)25-26)15-4-5-18(19(24)12-15)21(29)27-8-10-28(11-9-27)22(30)23(31)6-7-23/h2-5,12-14,31H,6-11H2,1H3. The summed E-state index contributed by atoms with van der Waals surface area (Å²) in [5, 5.41) is 15.4. The third-order valence-corrected chi connectivity index (χ3v) is 6.13. The van der Waals surface area contributed by atoms with Gasteiger partial charge in [-0.2, -0.15) is 5.10 Å². The number of fused-ring (bicyclic) bond motifs is 1. The van der Waals surface area contributed by atoms with Crippen LogP contribution in [0.2, 0.25) is 0 Å². The minimum atomic E-state index is -1.20. The number of aryl methyl sites for hydroxylation is 1. The average molecular weight is 422 g/mol. The van der Waals surface area contributed by atoms with E-state index in [1.54, 1.807) is 20.5 Å². The van der Waals surface area contributed by atoms with Crippen molar-refractivity contribution in [3.05, 3.63) is 54.0 Å². The van der Waals surface area contributed by atoms with Gasteiger partial charge in [0.1, 0.15) is 11.4 Å². The maximum Gasteiger partial charge on any atom is 0.256 e. The minimum Gasteiger partial charge on any atom is -0.380 e.